The van der Waals surface area contributed by atoms with Gasteiger partial charge in [-0.15, -0.1) is 11.3 Å². The van der Waals surface area contributed by atoms with Crippen molar-refractivity contribution in [2.24, 2.45) is 0 Å². The number of benzene rings is 4. The summed E-state index contributed by atoms with van der Waals surface area (Å²) in [4.78, 5) is 20.2. The first-order valence-corrected chi connectivity index (χ1v) is 13.1. The Labute approximate surface area is 217 Å². The maximum absolute atomic E-state index is 13.9. The van der Waals surface area contributed by atoms with Gasteiger partial charge in [-0.2, -0.15) is 0 Å². The molecule has 1 aliphatic heterocycles. The van der Waals surface area contributed by atoms with E-state index in [0.717, 1.165) is 43.7 Å². The van der Waals surface area contributed by atoms with E-state index in [9.17, 15) is 9.90 Å². The number of ketones is 1. The van der Waals surface area contributed by atoms with Gasteiger partial charge in [0.2, 0.25) is 5.78 Å². The number of nitrogens with one attached hydrogen (secondary N) is 1. The third-order valence-corrected chi connectivity index (χ3v) is 7.98. The lowest BCUT2D eigenvalue weighted by atomic mass is 10.0. The normalized spacial score (nSPS) is 12.7. The molecule has 0 saturated heterocycles. The van der Waals surface area contributed by atoms with Crippen LogP contribution in [0.25, 0.3) is 27.5 Å². The van der Waals surface area contributed by atoms with Crippen molar-refractivity contribution < 1.29 is 9.90 Å². The molecular weight excluding hydrogens is 484 g/mol. The molecule has 0 bridgehead atoms. The van der Waals surface area contributed by atoms with E-state index in [2.05, 4.69) is 5.32 Å². The summed E-state index contributed by atoms with van der Waals surface area (Å²) in [5.41, 5.74) is 5.44. The first kappa shape index (κ1) is 22.3. The minimum absolute atomic E-state index is 0.0540. The molecule has 0 fully saturated rings. The molecule has 174 valence electrons. The van der Waals surface area contributed by atoms with Crippen LogP contribution in [-0.2, 0) is 0 Å². The summed E-state index contributed by atoms with van der Waals surface area (Å²) >= 11 is 2.97. The summed E-state index contributed by atoms with van der Waals surface area (Å²) in [5.74, 6) is -0.291. The van der Waals surface area contributed by atoms with Crippen molar-refractivity contribution in [3.63, 3.8) is 0 Å². The Balaban J connectivity index is 1.41. The Morgan fingerprint density at radius 1 is 0.778 bits per heavy atom. The van der Waals surface area contributed by atoms with Gasteiger partial charge in [0.25, 0.3) is 0 Å². The van der Waals surface area contributed by atoms with Crippen molar-refractivity contribution in [3.8, 4) is 27.6 Å². The predicted molar refractivity (Wildman–Crippen MR) is 148 cm³/mol. The number of aromatic nitrogens is 1. The molecule has 1 aliphatic rings. The molecule has 36 heavy (non-hydrogen) atoms. The Morgan fingerprint density at radius 3 is 2.25 bits per heavy atom. The molecule has 1 aromatic heterocycles. The van der Waals surface area contributed by atoms with Crippen LogP contribution < -0.4 is 5.32 Å². The van der Waals surface area contributed by atoms with Gasteiger partial charge in [-0.3, -0.25) is 4.79 Å². The van der Waals surface area contributed by atoms with E-state index in [0.29, 0.717) is 4.91 Å². The number of hydrogen-bond donors (Lipinski definition) is 2. The SMILES string of the molecule is O=C(C1=C(c2ccccc2)Nc2ccccc2S1)c1cc(-c2csc(-c3ccccc3)n2)ccc1O. The van der Waals surface area contributed by atoms with Crippen LogP contribution in [0.15, 0.2) is 118 Å². The van der Waals surface area contributed by atoms with Crippen LogP contribution >= 0.6 is 23.1 Å². The standard InChI is InChI=1S/C30H20N2O2S2/c33-25-16-15-21(24-18-35-30(32-24)20-11-5-2-6-12-20)17-22(25)28(34)29-27(19-9-3-1-4-10-19)31-23-13-7-8-14-26(23)36-29/h1-18,31,33H. The third kappa shape index (κ3) is 4.21. The van der Waals surface area contributed by atoms with Crippen molar-refractivity contribution in [2.45, 2.75) is 4.90 Å². The van der Waals surface area contributed by atoms with Gasteiger partial charge in [0.05, 0.1) is 27.5 Å². The second kappa shape index (κ2) is 9.49. The Morgan fingerprint density at radius 2 is 1.47 bits per heavy atom. The molecule has 5 aromatic rings. The smallest absolute Gasteiger partial charge is 0.205 e. The van der Waals surface area contributed by atoms with Gasteiger partial charge in [0.1, 0.15) is 10.8 Å². The monoisotopic (exact) mass is 504 g/mol. The summed E-state index contributed by atoms with van der Waals surface area (Å²) in [7, 11) is 0. The van der Waals surface area contributed by atoms with Crippen LogP contribution in [0, 0.1) is 0 Å². The number of carbonyl (C=O) groups is 1. The first-order valence-electron chi connectivity index (χ1n) is 11.4. The van der Waals surface area contributed by atoms with E-state index in [4.69, 9.17) is 4.98 Å². The number of thiazole rings is 1. The highest BCUT2D eigenvalue weighted by Gasteiger charge is 2.27. The number of allylic oxidation sites excluding steroid dienone is 1. The van der Waals surface area contributed by atoms with E-state index in [1.807, 2.05) is 90.3 Å². The number of phenols is 1. The van der Waals surface area contributed by atoms with Crippen molar-refractivity contribution >= 4 is 40.3 Å². The topological polar surface area (TPSA) is 62.2 Å². The van der Waals surface area contributed by atoms with Gasteiger partial charge in [0.15, 0.2) is 0 Å². The van der Waals surface area contributed by atoms with E-state index >= 15 is 0 Å². The maximum atomic E-state index is 13.9. The number of nitrogens with zero attached hydrogens (tertiary/aromatic N) is 1. The van der Waals surface area contributed by atoms with Crippen LogP contribution in [0.1, 0.15) is 15.9 Å². The molecule has 0 aliphatic carbocycles. The summed E-state index contributed by atoms with van der Waals surface area (Å²) in [5, 5.41) is 17.1. The molecule has 6 rings (SSSR count). The number of phenolic OH excluding ortho intramolecular Hbond substituents is 1. The molecule has 0 radical (unpaired) electrons. The number of carbonyl (C=O) groups excluding carboxylic acids is 1. The minimum Gasteiger partial charge on any atom is -0.507 e. The largest absolute Gasteiger partial charge is 0.507 e. The lowest BCUT2D eigenvalue weighted by molar-refractivity contribution is 0.104. The average molecular weight is 505 g/mol. The second-order valence-corrected chi connectivity index (χ2v) is 10.2. The molecule has 0 amide bonds. The molecule has 4 aromatic carbocycles. The van der Waals surface area contributed by atoms with Gasteiger partial charge in [-0.25, -0.2) is 4.98 Å². The fraction of sp³-hybridized carbons (Fsp3) is 0. The third-order valence-electron chi connectivity index (χ3n) is 5.92. The number of anilines is 1. The zero-order valence-electron chi connectivity index (χ0n) is 19.0. The van der Waals surface area contributed by atoms with Gasteiger partial charge in [-0.05, 0) is 35.9 Å². The maximum Gasteiger partial charge on any atom is 0.205 e. The van der Waals surface area contributed by atoms with E-state index in [1.165, 1.54) is 11.8 Å². The summed E-state index contributed by atoms with van der Waals surface area (Å²) in [6, 6.07) is 32.8. The van der Waals surface area contributed by atoms with Crippen molar-refractivity contribution in [1.29, 1.82) is 0 Å². The quantitative estimate of drug-likeness (QED) is 0.238. The van der Waals surface area contributed by atoms with Gasteiger partial charge < -0.3 is 10.4 Å². The highest BCUT2D eigenvalue weighted by Crippen LogP contribution is 2.45. The Bertz CT molecular complexity index is 1610. The molecule has 0 atom stereocenters. The summed E-state index contributed by atoms with van der Waals surface area (Å²) in [6.07, 6.45) is 0. The van der Waals surface area contributed by atoms with E-state index < -0.39 is 0 Å². The van der Waals surface area contributed by atoms with Crippen LogP contribution in [0.2, 0.25) is 0 Å². The molecule has 4 nitrogen and oxygen atoms in total. The zero-order chi connectivity index (χ0) is 24.5. The fourth-order valence-corrected chi connectivity index (χ4v) is 6.00. The number of fused-ring (bicyclic) bond motifs is 1. The average Bonchev–Trinajstić information content (AvgIpc) is 3.44. The summed E-state index contributed by atoms with van der Waals surface area (Å²) < 4.78 is 0. The number of para-hydroxylation sites is 1. The van der Waals surface area contributed by atoms with Crippen molar-refractivity contribution in [1.82, 2.24) is 4.98 Å². The van der Waals surface area contributed by atoms with Gasteiger partial charge in [0, 0.05) is 21.4 Å². The highest BCUT2D eigenvalue weighted by atomic mass is 32.2. The number of rotatable bonds is 5. The lowest BCUT2D eigenvalue weighted by Gasteiger charge is -2.24. The number of thioether (sulfide) groups is 1. The molecule has 2 N–H and O–H groups in total. The molecule has 0 unspecified atom stereocenters. The number of aromatic hydroxyl groups is 1. The fourth-order valence-electron chi connectivity index (χ4n) is 4.10. The molecule has 6 heteroatoms. The predicted octanol–water partition coefficient (Wildman–Crippen LogP) is 7.95. The molecule has 0 saturated carbocycles. The minimum atomic E-state index is -0.237. The molecule has 0 spiro atoms. The van der Waals surface area contributed by atoms with Crippen LogP contribution in [-0.4, -0.2) is 15.9 Å². The number of hydrogen-bond acceptors (Lipinski definition) is 6. The zero-order valence-corrected chi connectivity index (χ0v) is 20.6. The van der Waals surface area contributed by atoms with Crippen molar-refractivity contribution in [3.05, 3.63) is 125 Å². The first-order chi connectivity index (χ1) is 17.7. The Kier molecular flexibility index (Phi) is 5.89. The van der Waals surface area contributed by atoms with Crippen LogP contribution in [0.5, 0.6) is 5.75 Å². The lowest BCUT2D eigenvalue weighted by Crippen LogP contribution is -2.13. The van der Waals surface area contributed by atoms with Crippen molar-refractivity contribution in [2.75, 3.05) is 5.32 Å². The highest BCUT2D eigenvalue weighted by molar-refractivity contribution is 8.04. The Hall–Kier alpha value is -4.13. The van der Waals surface area contributed by atoms with Gasteiger partial charge >= 0.3 is 0 Å². The second-order valence-electron chi connectivity index (χ2n) is 8.26. The van der Waals surface area contributed by atoms with Crippen LogP contribution in [0.4, 0.5) is 5.69 Å². The van der Waals surface area contributed by atoms with E-state index in [1.54, 1.807) is 29.5 Å². The van der Waals surface area contributed by atoms with E-state index in [-0.39, 0.29) is 17.1 Å². The molecule has 2 heterocycles. The summed E-state index contributed by atoms with van der Waals surface area (Å²) in [6.45, 7) is 0. The molecular formula is C30H20N2O2S2. The number of Topliss-reactive ketones (excluding diaryl/α,β-unsaturated/α-hetero) is 1. The van der Waals surface area contributed by atoms with Gasteiger partial charge in [-0.1, -0.05) is 84.6 Å². The van der Waals surface area contributed by atoms with Crippen LogP contribution in [0.3, 0.4) is 0 Å².